The molecule has 0 saturated heterocycles. The Bertz CT molecular complexity index is 467. The summed E-state index contributed by atoms with van der Waals surface area (Å²) in [7, 11) is 0. The van der Waals surface area contributed by atoms with Gasteiger partial charge >= 0.3 is 12.3 Å². The maximum atomic E-state index is 12.3. The number of nitrogens with zero attached hydrogens (tertiary/aromatic N) is 1. The van der Waals surface area contributed by atoms with E-state index >= 15 is 0 Å². The fourth-order valence-electron chi connectivity index (χ4n) is 1.20. The number of halogens is 5. The van der Waals surface area contributed by atoms with Gasteiger partial charge in [0.05, 0.1) is 12.1 Å². The summed E-state index contributed by atoms with van der Waals surface area (Å²) in [5.74, 6) is -1.79. The van der Waals surface area contributed by atoms with E-state index in [9.17, 15) is 18.0 Å². The van der Waals surface area contributed by atoms with Crippen LogP contribution >= 0.6 is 38.5 Å². The van der Waals surface area contributed by atoms with Crippen LogP contribution in [0.15, 0.2) is 6.20 Å². The van der Waals surface area contributed by atoms with Crippen LogP contribution in [-0.2, 0) is 16.5 Å². The summed E-state index contributed by atoms with van der Waals surface area (Å²) in [6.45, 7) is 0. The number of rotatable bonds is 4. The summed E-state index contributed by atoms with van der Waals surface area (Å²) >= 11 is 4.70. The zero-order chi connectivity index (χ0) is 13.9. The number of ether oxygens (including phenoxy) is 1. The molecular weight excluding hydrogens is 434 g/mol. The molecule has 0 amide bonds. The standard InChI is InChI=1S/C9H6BrF3INO3/c10-2-6-8(18-9(11,12)13)4(1-7(16)17)5(14)3-15-6/h3H,1-2H2,(H,16,17). The molecule has 0 radical (unpaired) electrons. The Morgan fingerprint density at radius 1 is 1.56 bits per heavy atom. The van der Waals surface area contributed by atoms with Crippen molar-refractivity contribution in [2.24, 2.45) is 0 Å². The van der Waals surface area contributed by atoms with E-state index in [2.05, 4.69) is 25.7 Å². The van der Waals surface area contributed by atoms with E-state index in [-0.39, 0.29) is 16.6 Å². The molecule has 0 aliphatic heterocycles. The van der Waals surface area contributed by atoms with Crippen molar-refractivity contribution < 1.29 is 27.8 Å². The minimum atomic E-state index is -4.89. The van der Waals surface area contributed by atoms with Gasteiger partial charge in [0.15, 0.2) is 5.75 Å². The average molecular weight is 440 g/mol. The molecule has 1 aromatic heterocycles. The highest BCUT2D eigenvalue weighted by Gasteiger charge is 2.34. The maximum Gasteiger partial charge on any atom is 0.573 e. The number of carbonyl (C=O) groups is 1. The fourth-order valence-corrected chi connectivity index (χ4v) is 2.18. The second kappa shape index (κ2) is 6.04. The molecular formula is C9H6BrF3INO3. The number of pyridine rings is 1. The van der Waals surface area contributed by atoms with E-state index in [1.54, 1.807) is 22.6 Å². The maximum absolute atomic E-state index is 12.3. The molecule has 0 unspecified atom stereocenters. The van der Waals surface area contributed by atoms with Gasteiger partial charge in [0, 0.05) is 20.7 Å². The smallest absolute Gasteiger partial charge is 0.481 e. The van der Waals surface area contributed by atoms with Gasteiger partial charge in [0.25, 0.3) is 0 Å². The summed E-state index contributed by atoms with van der Waals surface area (Å²) in [6.07, 6.45) is -4.15. The average Bonchev–Trinajstić information content (AvgIpc) is 2.21. The van der Waals surface area contributed by atoms with Crippen molar-refractivity contribution in [2.45, 2.75) is 18.1 Å². The molecule has 100 valence electrons. The third-order valence-corrected chi connectivity index (χ3v) is 3.29. The normalized spacial score (nSPS) is 11.4. The van der Waals surface area contributed by atoms with E-state index in [1.165, 1.54) is 6.20 Å². The molecule has 1 rings (SSSR count). The molecule has 18 heavy (non-hydrogen) atoms. The molecule has 1 aromatic rings. The number of carboxylic acids is 1. The molecule has 0 fully saturated rings. The third kappa shape index (κ3) is 4.26. The van der Waals surface area contributed by atoms with Crippen molar-refractivity contribution in [3.05, 3.63) is 21.0 Å². The van der Waals surface area contributed by atoms with Crippen LogP contribution in [0, 0.1) is 3.57 Å². The molecule has 1 heterocycles. The zero-order valence-corrected chi connectivity index (χ0v) is 12.3. The first kappa shape index (κ1) is 15.5. The first-order valence-corrected chi connectivity index (χ1v) is 6.64. The minimum absolute atomic E-state index is 0.00370. The van der Waals surface area contributed by atoms with Crippen molar-refractivity contribution >= 4 is 44.5 Å². The fraction of sp³-hybridized carbons (Fsp3) is 0.333. The van der Waals surface area contributed by atoms with Crippen LogP contribution in [0.3, 0.4) is 0 Å². The van der Waals surface area contributed by atoms with Gasteiger partial charge in [-0.2, -0.15) is 0 Å². The first-order valence-electron chi connectivity index (χ1n) is 4.44. The summed E-state index contributed by atoms with van der Waals surface area (Å²) < 4.78 is 41.1. The number of carboxylic acid groups (broad SMARTS) is 1. The lowest BCUT2D eigenvalue weighted by atomic mass is 10.1. The van der Waals surface area contributed by atoms with E-state index < -0.39 is 24.5 Å². The molecule has 0 aromatic carbocycles. The van der Waals surface area contributed by atoms with Gasteiger partial charge in [-0.05, 0) is 22.6 Å². The SMILES string of the molecule is O=C(O)Cc1c(I)cnc(CBr)c1OC(F)(F)F. The second-order valence-electron chi connectivity index (χ2n) is 3.11. The lowest BCUT2D eigenvalue weighted by Gasteiger charge is -2.16. The quantitative estimate of drug-likeness (QED) is 0.578. The highest BCUT2D eigenvalue weighted by Crippen LogP contribution is 2.33. The van der Waals surface area contributed by atoms with Gasteiger partial charge in [-0.15, -0.1) is 13.2 Å². The summed E-state index contributed by atoms with van der Waals surface area (Å²) in [6, 6.07) is 0. The van der Waals surface area contributed by atoms with Crippen LogP contribution in [0.4, 0.5) is 13.2 Å². The topological polar surface area (TPSA) is 59.4 Å². The molecule has 0 bridgehead atoms. The molecule has 1 N–H and O–H groups in total. The van der Waals surface area contributed by atoms with Gasteiger partial charge < -0.3 is 9.84 Å². The third-order valence-electron chi connectivity index (χ3n) is 1.83. The number of aromatic nitrogens is 1. The molecule has 9 heteroatoms. The number of alkyl halides is 4. The molecule has 0 saturated carbocycles. The summed E-state index contributed by atoms with van der Waals surface area (Å²) in [4.78, 5) is 14.4. The largest absolute Gasteiger partial charge is 0.573 e. The Morgan fingerprint density at radius 2 is 2.17 bits per heavy atom. The Balaban J connectivity index is 3.31. The highest BCUT2D eigenvalue weighted by atomic mass is 127. The van der Waals surface area contributed by atoms with E-state index in [4.69, 9.17) is 5.11 Å². The van der Waals surface area contributed by atoms with Crippen molar-refractivity contribution in [1.82, 2.24) is 4.98 Å². The van der Waals surface area contributed by atoms with Crippen LogP contribution in [0.5, 0.6) is 5.75 Å². The Kier molecular flexibility index (Phi) is 5.20. The van der Waals surface area contributed by atoms with Crippen LogP contribution in [0.2, 0.25) is 0 Å². The number of hydrogen-bond acceptors (Lipinski definition) is 3. The van der Waals surface area contributed by atoms with Crippen LogP contribution in [0.1, 0.15) is 11.3 Å². The Hall–Kier alpha value is -0.580. The van der Waals surface area contributed by atoms with Crippen molar-refractivity contribution in [1.29, 1.82) is 0 Å². The van der Waals surface area contributed by atoms with Crippen LogP contribution in [0.25, 0.3) is 0 Å². The predicted molar refractivity (Wildman–Crippen MR) is 67.6 cm³/mol. The first-order chi connectivity index (χ1) is 8.24. The van der Waals surface area contributed by atoms with E-state index in [0.717, 1.165) is 0 Å². The van der Waals surface area contributed by atoms with E-state index in [0.29, 0.717) is 3.57 Å². The van der Waals surface area contributed by atoms with Gasteiger partial charge in [-0.3, -0.25) is 9.78 Å². The lowest BCUT2D eigenvalue weighted by Crippen LogP contribution is -2.20. The molecule has 0 spiro atoms. The van der Waals surface area contributed by atoms with Gasteiger partial charge in [-0.25, -0.2) is 0 Å². The minimum Gasteiger partial charge on any atom is -0.481 e. The lowest BCUT2D eigenvalue weighted by molar-refractivity contribution is -0.275. The predicted octanol–water partition coefficient (Wildman–Crippen LogP) is 3.11. The van der Waals surface area contributed by atoms with Crippen LogP contribution < -0.4 is 4.74 Å². The van der Waals surface area contributed by atoms with Crippen molar-refractivity contribution in [3.8, 4) is 5.75 Å². The second-order valence-corrected chi connectivity index (χ2v) is 4.84. The Morgan fingerprint density at radius 3 is 2.61 bits per heavy atom. The number of hydrogen-bond donors (Lipinski definition) is 1. The molecule has 0 aliphatic carbocycles. The van der Waals surface area contributed by atoms with Crippen LogP contribution in [-0.4, -0.2) is 22.4 Å². The van der Waals surface area contributed by atoms with Gasteiger partial charge in [0.2, 0.25) is 0 Å². The highest BCUT2D eigenvalue weighted by molar-refractivity contribution is 14.1. The van der Waals surface area contributed by atoms with Gasteiger partial charge in [-0.1, -0.05) is 15.9 Å². The summed E-state index contributed by atoms with van der Waals surface area (Å²) in [5, 5.41) is 8.74. The summed E-state index contributed by atoms with van der Waals surface area (Å²) in [5.41, 5.74) is -0.0335. The monoisotopic (exact) mass is 439 g/mol. The van der Waals surface area contributed by atoms with E-state index in [1.807, 2.05) is 0 Å². The molecule has 0 aliphatic rings. The van der Waals surface area contributed by atoms with Crippen molar-refractivity contribution in [2.75, 3.05) is 0 Å². The molecule has 0 atom stereocenters. The molecule has 4 nitrogen and oxygen atoms in total. The van der Waals surface area contributed by atoms with Crippen molar-refractivity contribution in [3.63, 3.8) is 0 Å². The zero-order valence-electron chi connectivity index (χ0n) is 8.59. The number of aliphatic carboxylic acids is 1. The Labute approximate surface area is 122 Å². The van der Waals surface area contributed by atoms with Gasteiger partial charge in [0.1, 0.15) is 0 Å².